The highest BCUT2D eigenvalue weighted by atomic mass is 32.1. The van der Waals surface area contributed by atoms with Gasteiger partial charge in [-0.3, -0.25) is 0 Å². The maximum absolute atomic E-state index is 5.50. The third-order valence-electron chi connectivity index (χ3n) is 3.91. The van der Waals surface area contributed by atoms with Crippen LogP contribution in [0, 0.1) is 6.92 Å². The van der Waals surface area contributed by atoms with Gasteiger partial charge in [-0.05, 0) is 47.3 Å². The molecule has 1 unspecified atom stereocenters. The van der Waals surface area contributed by atoms with Gasteiger partial charge in [-0.1, -0.05) is 36.4 Å². The van der Waals surface area contributed by atoms with E-state index in [1.165, 1.54) is 26.8 Å². The van der Waals surface area contributed by atoms with Crippen LogP contribution in [0.2, 0.25) is 0 Å². The van der Waals surface area contributed by atoms with Crippen LogP contribution in [0.3, 0.4) is 0 Å². The second kappa shape index (κ2) is 5.88. The van der Waals surface area contributed by atoms with E-state index in [2.05, 4.69) is 54.0 Å². The Morgan fingerprint density at radius 1 is 1.05 bits per heavy atom. The van der Waals surface area contributed by atoms with Crippen LogP contribution in [0.25, 0.3) is 10.8 Å². The van der Waals surface area contributed by atoms with Gasteiger partial charge in [0.15, 0.2) is 0 Å². The van der Waals surface area contributed by atoms with E-state index in [0.29, 0.717) is 0 Å². The number of fused-ring (bicyclic) bond motifs is 1. The zero-order valence-corrected chi connectivity index (χ0v) is 13.3. The molecular weight excluding hydrogens is 278 g/mol. The van der Waals surface area contributed by atoms with Crippen LogP contribution in [-0.4, -0.2) is 14.2 Å². The summed E-state index contributed by atoms with van der Waals surface area (Å²) in [6, 6.07) is 15.2. The average Bonchev–Trinajstić information content (AvgIpc) is 2.99. The molecule has 0 amide bonds. The van der Waals surface area contributed by atoms with Crippen LogP contribution in [0.5, 0.6) is 5.75 Å². The third-order valence-corrected chi connectivity index (χ3v) is 4.88. The average molecular weight is 297 g/mol. The van der Waals surface area contributed by atoms with Gasteiger partial charge in [0.25, 0.3) is 0 Å². The molecule has 3 rings (SSSR count). The number of thiophene rings is 1. The van der Waals surface area contributed by atoms with Gasteiger partial charge in [0.2, 0.25) is 0 Å². The summed E-state index contributed by atoms with van der Waals surface area (Å²) < 4.78 is 5.50. The predicted molar refractivity (Wildman–Crippen MR) is 90.5 cm³/mol. The van der Waals surface area contributed by atoms with Crippen LogP contribution in [-0.2, 0) is 0 Å². The van der Waals surface area contributed by atoms with Crippen molar-refractivity contribution in [3.63, 3.8) is 0 Å². The number of ether oxygens (including phenoxy) is 1. The summed E-state index contributed by atoms with van der Waals surface area (Å²) in [5, 5.41) is 8.13. The Morgan fingerprint density at radius 2 is 1.81 bits per heavy atom. The first-order valence-electron chi connectivity index (χ1n) is 7.03. The Kier molecular flexibility index (Phi) is 3.95. The molecule has 2 aromatic carbocycles. The first-order valence-corrected chi connectivity index (χ1v) is 7.91. The van der Waals surface area contributed by atoms with E-state index in [1.807, 2.05) is 13.1 Å². The van der Waals surface area contributed by atoms with E-state index >= 15 is 0 Å². The Bertz CT molecular complexity index is 763. The summed E-state index contributed by atoms with van der Waals surface area (Å²) >= 11 is 1.73. The van der Waals surface area contributed by atoms with Crippen molar-refractivity contribution in [3.8, 4) is 5.75 Å². The van der Waals surface area contributed by atoms with Crippen molar-refractivity contribution in [1.82, 2.24) is 5.32 Å². The maximum Gasteiger partial charge on any atom is 0.134 e. The van der Waals surface area contributed by atoms with Crippen molar-refractivity contribution in [2.24, 2.45) is 0 Å². The second-order valence-corrected chi connectivity index (χ2v) is 6.04. The number of nitrogens with one attached hydrogen (secondary N) is 1. The molecule has 3 heteroatoms. The fourth-order valence-electron chi connectivity index (χ4n) is 2.84. The lowest BCUT2D eigenvalue weighted by Crippen LogP contribution is -2.17. The van der Waals surface area contributed by atoms with Crippen molar-refractivity contribution >= 4 is 22.1 Å². The zero-order valence-electron chi connectivity index (χ0n) is 12.5. The summed E-state index contributed by atoms with van der Waals surface area (Å²) in [5.74, 6) is 0.948. The van der Waals surface area contributed by atoms with Crippen molar-refractivity contribution in [3.05, 3.63) is 63.8 Å². The molecular formula is C18H19NOS. The SMILES string of the molecule is CNC(c1sccc1OC)c1ccc(C)c2ccccc12. The van der Waals surface area contributed by atoms with E-state index < -0.39 is 0 Å². The molecule has 0 radical (unpaired) electrons. The molecule has 1 aromatic heterocycles. The number of hydrogen-bond donors (Lipinski definition) is 1. The molecule has 0 aliphatic carbocycles. The normalized spacial score (nSPS) is 12.5. The minimum absolute atomic E-state index is 0.144. The van der Waals surface area contributed by atoms with Gasteiger partial charge in [0, 0.05) is 0 Å². The highest BCUT2D eigenvalue weighted by Crippen LogP contribution is 2.37. The van der Waals surface area contributed by atoms with Crippen LogP contribution in [0.4, 0.5) is 0 Å². The number of hydrogen-bond acceptors (Lipinski definition) is 3. The number of benzene rings is 2. The monoisotopic (exact) mass is 297 g/mol. The lowest BCUT2D eigenvalue weighted by molar-refractivity contribution is 0.409. The van der Waals surface area contributed by atoms with Crippen LogP contribution in [0.15, 0.2) is 47.8 Å². The van der Waals surface area contributed by atoms with Crippen LogP contribution >= 0.6 is 11.3 Å². The highest BCUT2D eigenvalue weighted by molar-refractivity contribution is 7.10. The molecule has 0 bridgehead atoms. The molecule has 0 aliphatic rings. The lowest BCUT2D eigenvalue weighted by atomic mass is 9.95. The topological polar surface area (TPSA) is 21.3 Å². The Morgan fingerprint density at radius 3 is 2.52 bits per heavy atom. The highest BCUT2D eigenvalue weighted by Gasteiger charge is 2.20. The molecule has 0 aliphatic heterocycles. The Hall–Kier alpha value is -1.84. The number of aryl methyl sites for hydroxylation is 1. The zero-order chi connectivity index (χ0) is 14.8. The molecule has 3 aromatic rings. The first-order chi connectivity index (χ1) is 10.3. The van der Waals surface area contributed by atoms with Crippen LogP contribution < -0.4 is 10.1 Å². The smallest absolute Gasteiger partial charge is 0.134 e. The molecule has 1 atom stereocenters. The first kappa shape index (κ1) is 14.1. The summed E-state index contributed by atoms with van der Waals surface area (Å²) in [6.07, 6.45) is 0. The molecule has 2 nitrogen and oxygen atoms in total. The largest absolute Gasteiger partial charge is 0.496 e. The summed E-state index contributed by atoms with van der Waals surface area (Å²) in [7, 11) is 3.73. The van der Waals surface area contributed by atoms with Gasteiger partial charge >= 0.3 is 0 Å². The van der Waals surface area contributed by atoms with Gasteiger partial charge in [0.05, 0.1) is 18.0 Å². The van der Waals surface area contributed by atoms with Crippen LogP contribution in [0.1, 0.15) is 22.0 Å². The predicted octanol–water partition coefficient (Wildman–Crippen LogP) is 4.53. The molecule has 1 heterocycles. The van der Waals surface area contributed by atoms with Gasteiger partial charge in [-0.2, -0.15) is 0 Å². The van der Waals surface area contributed by atoms with E-state index in [0.717, 1.165) is 5.75 Å². The van der Waals surface area contributed by atoms with Crippen molar-refractivity contribution in [1.29, 1.82) is 0 Å². The summed E-state index contributed by atoms with van der Waals surface area (Å²) in [6.45, 7) is 2.16. The number of rotatable bonds is 4. The van der Waals surface area contributed by atoms with E-state index in [9.17, 15) is 0 Å². The lowest BCUT2D eigenvalue weighted by Gasteiger charge is -2.19. The van der Waals surface area contributed by atoms with Gasteiger partial charge in [-0.25, -0.2) is 0 Å². The summed E-state index contributed by atoms with van der Waals surface area (Å²) in [5.41, 5.74) is 2.60. The molecule has 0 spiro atoms. The molecule has 0 saturated heterocycles. The molecule has 21 heavy (non-hydrogen) atoms. The molecule has 1 N–H and O–H groups in total. The van der Waals surface area contributed by atoms with Crippen molar-refractivity contribution in [2.45, 2.75) is 13.0 Å². The van der Waals surface area contributed by atoms with Crippen molar-refractivity contribution < 1.29 is 4.74 Å². The standard InChI is InChI=1S/C18H19NOS/c1-12-8-9-15(14-7-5-4-6-13(12)14)17(19-2)18-16(20-3)10-11-21-18/h4-11,17,19H,1-3H3. The fraction of sp³-hybridized carbons (Fsp3) is 0.222. The van der Waals surface area contributed by atoms with E-state index in [1.54, 1.807) is 18.4 Å². The molecule has 0 fully saturated rings. The van der Waals surface area contributed by atoms with Gasteiger partial charge in [-0.15, -0.1) is 11.3 Å². The Balaban J connectivity index is 2.20. The van der Waals surface area contributed by atoms with Gasteiger partial charge in [0.1, 0.15) is 5.75 Å². The quantitative estimate of drug-likeness (QED) is 0.764. The second-order valence-electron chi connectivity index (χ2n) is 5.09. The van der Waals surface area contributed by atoms with E-state index in [-0.39, 0.29) is 6.04 Å². The van der Waals surface area contributed by atoms with Crippen molar-refractivity contribution in [2.75, 3.05) is 14.2 Å². The Labute approximate surface area is 129 Å². The minimum Gasteiger partial charge on any atom is -0.496 e. The van der Waals surface area contributed by atoms with Gasteiger partial charge < -0.3 is 10.1 Å². The minimum atomic E-state index is 0.144. The molecule has 108 valence electrons. The number of methoxy groups -OCH3 is 1. The third kappa shape index (κ3) is 2.43. The maximum atomic E-state index is 5.50. The molecule has 0 saturated carbocycles. The summed E-state index contributed by atoms with van der Waals surface area (Å²) in [4.78, 5) is 1.22. The fourth-order valence-corrected chi connectivity index (χ4v) is 3.83. The van der Waals surface area contributed by atoms with E-state index in [4.69, 9.17) is 4.74 Å².